The van der Waals surface area contributed by atoms with Gasteiger partial charge >= 0.3 is 0 Å². The van der Waals surface area contributed by atoms with Crippen LogP contribution < -0.4 is 0 Å². The van der Waals surface area contributed by atoms with Crippen molar-refractivity contribution in [3.05, 3.63) is 163 Å². The van der Waals surface area contributed by atoms with E-state index >= 15 is 0 Å². The van der Waals surface area contributed by atoms with Crippen LogP contribution in [0.2, 0.25) is 0 Å². The molecule has 0 atom stereocenters. The van der Waals surface area contributed by atoms with Crippen molar-refractivity contribution in [2.75, 3.05) is 0 Å². The van der Waals surface area contributed by atoms with Crippen molar-refractivity contribution in [2.24, 2.45) is 0 Å². The van der Waals surface area contributed by atoms with Crippen LogP contribution in [0.1, 0.15) is 5.56 Å². The van der Waals surface area contributed by atoms with Gasteiger partial charge in [0.05, 0.1) is 17.2 Å². The lowest BCUT2D eigenvalue weighted by Crippen LogP contribution is -2.01. The van der Waals surface area contributed by atoms with E-state index < -0.39 is 0 Å². The Balaban J connectivity index is 1.21. The molecule has 7 aromatic carbocycles. The maximum Gasteiger partial charge on any atom is 0.168 e. The molecule has 0 spiro atoms. The number of nitriles is 1. The number of aromatic nitrogens is 3. The van der Waals surface area contributed by atoms with E-state index in [-0.39, 0.29) is 0 Å². The molecule has 0 N–H and O–H groups in total. The Labute approximate surface area is 302 Å². The molecular formula is C46H26N4OS. The highest BCUT2D eigenvalue weighted by atomic mass is 32.1. The van der Waals surface area contributed by atoms with E-state index in [4.69, 9.17) is 19.4 Å². The summed E-state index contributed by atoms with van der Waals surface area (Å²) in [5.74, 6) is 1.72. The average Bonchev–Trinajstić information content (AvgIpc) is 3.79. The number of thiophene rings is 1. The van der Waals surface area contributed by atoms with E-state index in [0.717, 1.165) is 60.9 Å². The summed E-state index contributed by atoms with van der Waals surface area (Å²) in [5.41, 5.74) is 8.86. The first-order valence-electron chi connectivity index (χ1n) is 17.0. The Morgan fingerprint density at radius 1 is 0.462 bits per heavy atom. The molecule has 0 aliphatic heterocycles. The molecule has 0 bridgehead atoms. The average molecular weight is 683 g/mol. The van der Waals surface area contributed by atoms with Gasteiger partial charge in [-0.25, -0.2) is 15.0 Å². The SMILES string of the molecule is N#Cc1ccc(-c2ccc(-c3ccc4c(oc5ccccc54)c3-c3nc(-c4ccccc4)nc(-c4ccc5sc6ccccc6c5c4)n3)cc2)cc1. The Hall–Kier alpha value is -6.94. The highest BCUT2D eigenvalue weighted by molar-refractivity contribution is 7.25. The van der Waals surface area contributed by atoms with Gasteiger partial charge in [-0.05, 0) is 70.8 Å². The third kappa shape index (κ3) is 5.03. The Kier molecular flexibility index (Phi) is 6.98. The second-order valence-corrected chi connectivity index (χ2v) is 13.8. The van der Waals surface area contributed by atoms with Crippen molar-refractivity contribution in [1.29, 1.82) is 5.26 Å². The predicted octanol–water partition coefficient (Wildman–Crippen LogP) is 12.3. The molecule has 52 heavy (non-hydrogen) atoms. The van der Waals surface area contributed by atoms with Crippen LogP contribution in [0.3, 0.4) is 0 Å². The largest absolute Gasteiger partial charge is 0.455 e. The number of fused-ring (bicyclic) bond motifs is 6. The molecule has 0 saturated heterocycles. The van der Waals surface area contributed by atoms with Gasteiger partial charge in [-0.1, -0.05) is 109 Å². The molecule has 3 aromatic heterocycles. The number of nitrogens with zero attached hydrogens (tertiary/aromatic N) is 4. The Morgan fingerprint density at radius 3 is 1.87 bits per heavy atom. The summed E-state index contributed by atoms with van der Waals surface area (Å²) in [6, 6.07) is 55.7. The lowest BCUT2D eigenvalue weighted by molar-refractivity contribution is 0.669. The lowest BCUT2D eigenvalue weighted by Gasteiger charge is -2.13. The van der Waals surface area contributed by atoms with Gasteiger partial charge in [0.2, 0.25) is 0 Å². The quantitative estimate of drug-likeness (QED) is 0.181. The summed E-state index contributed by atoms with van der Waals surface area (Å²) < 4.78 is 9.15. The van der Waals surface area contributed by atoms with Crippen molar-refractivity contribution in [3.8, 4) is 62.5 Å². The van der Waals surface area contributed by atoms with Gasteiger partial charge in [-0.15, -0.1) is 11.3 Å². The molecule has 10 rings (SSSR count). The van der Waals surface area contributed by atoms with Gasteiger partial charge in [0, 0.05) is 42.1 Å². The van der Waals surface area contributed by atoms with Gasteiger partial charge < -0.3 is 4.42 Å². The minimum absolute atomic E-state index is 0.537. The third-order valence-corrected chi connectivity index (χ3v) is 10.8. The van der Waals surface area contributed by atoms with Crippen molar-refractivity contribution >= 4 is 53.4 Å². The predicted molar refractivity (Wildman–Crippen MR) is 212 cm³/mol. The van der Waals surface area contributed by atoms with Crippen LogP contribution in [0.5, 0.6) is 0 Å². The molecule has 242 valence electrons. The Bertz CT molecular complexity index is 3010. The summed E-state index contributed by atoms with van der Waals surface area (Å²) >= 11 is 1.79. The molecule has 3 heterocycles. The fourth-order valence-corrected chi connectivity index (χ4v) is 8.12. The summed E-state index contributed by atoms with van der Waals surface area (Å²) in [6.07, 6.45) is 0. The van der Waals surface area contributed by atoms with Crippen LogP contribution in [-0.4, -0.2) is 15.0 Å². The number of hydrogen-bond donors (Lipinski definition) is 0. The van der Waals surface area contributed by atoms with Gasteiger partial charge in [-0.2, -0.15) is 5.26 Å². The van der Waals surface area contributed by atoms with Gasteiger partial charge in [-0.3, -0.25) is 0 Å². The van der Waals surface area contributed by atoms with E-state index in [0.29, 0.717) is 23.0 Å². The molecule has 6 heteroatoms. The highest BCUT2D eigenvalue weighted by Crippen LogP contribution is 2.43. The van der Waals surface area contributed by atoms with Crippen molar-refractivity contribution in [2.45, 2.75) is 0 Å². The van der Waals surface area contributed by atoms with Crippen molar-refractivity contribution < 1.29 is 4.42 Å². The van der Waals surface area contributed by atoms with Crippen molar-refractivity contribution in [1.82, 2.24) is 15.0 Å². The minimum atomic E-state index is 0.537. The molecule has 5 nitrogen and oxygen atoms in total. The zero-order valence-electron chi connectivity index (χ0n) is 27.6. The van der Waals surface area contributed by atoms with E-state index in [1.807, 2.05) is 72.8 Å². The van der Waals surface area contributed by atoms with E-state index in [2.05, 4.69) is 91.0 Å². The topological polar surface area (TPSA) is 75.6 Å². The molecule has 0 aliphatic carbocycles. The molecule has 0 unspecified atom stereocenters. The molecule has 0 saturated carbocycles. The second-order valence-electron chi connectivity index (χ2n) is 12.7. The summed E-state index contributed by atoms with van der Waals surface area (Å²) in [4.78, 5) is 15.5. The van der Waals surface area contributed by atoms with Gasteiger partial charge in [0.15, 0.2) is 17.5 Å². The fraction of sp³-hybridized carbons (Fsp3) is 0. The normalized spacial score (nSPS) is 11.4. The van der Waals surface area contributed by atoms with Crippen molar-refractivity contribution in [3.63, 3.8) is 0 Å². The zero-order chi connectivity index (χ0) is 34.6. The van der Waals surface area contributed by atoms with Crippen LogP contribution in [0.15, 0.2) is 162 Å². The standard InChI is InChI=1S/C46H26N4OS/c47-27-28-14-16-29(17-15-28)30-18-20-31(21-19-30)34-23-24-37-35-10-4-6-12-39(35)51-43(37)42(34)46-49-44(32-8-2-1-3-9-32)48-45(50-46)33-22-25-41-38(26-33)36-11-5-7-13-40(36)52-41/h1-26H. The molecular weight excluding hydrogens is 657 g/mol. The number of benzene rings is 7. The first-order valence-corrected chi connectivity index (χ1v) is 17.8. The lowest BCUT2D eigenvalue weighted by atomic mass is 9.94. The van der Waals surface area contributed by atoms with Gasteiger partial charge in [0.25, 0.3) is 0 Å². The summed E-state index contributed by atoms with van der Waals surface area (Å²) in [7, 11) is 0. The first-order chi connectivity index (χ1) is 25.7. The third-order valence-electron chi connectivity index (χ3n) is 9.62. The number of hydrogen-bond acceptors (Lipinski definition) is 6. The van der Waals surface area contributed by atoms with Crippen LogP contribution in [0, 0.1) is 11.3 Å². The molecule has 0 amide bonds. The summed E-state index contributed by atoms with van der Waals surface area (Å²) in [6.45, 7) is 0. The molecule has 0 aliphatic rings. The molecule has 10 aromatic rings. The van der Waals surface area contributed by atoms with E-state index in [1.54, 1.807) is 11.3 Å². The van der Waals surface area contributed by atoms with Crippen LogP contribution >= 0.6 is 11.3 Å². The highest BCUT2D eigenvalue weighted by Gasteiger charge is 2.22. The van der Waals surface area contributed by atoms with Crippen LogP contribution in [0.25, 0.3) is 98.5 Å². The fourth-order valence-electron chi connectivity index (χ4n) is 7.03. The maximum absolute atomic E-state index is 9.27. The second kappa shape index (κ2) is 12.1. The van der Waals surface area contributed by atoms with Gasteiger partial charge in [0.1, 0.15) is 11.2 Å². The smallest absolute Gasteiger partial charge is 0.168 e. The maximum atomic E-state index is 9.27. The van der Waals surface area contributed by atoms with Crippen LogP contribution in [0.4, 0.5) is 0 Å². The molecule has 0 radical (unpaired) electrons. The number of rotatable bonds is 5. The monoisotopic (exact) mass is 682 g/mol. The van der Waals surface area contributed by atoms with E-state index in [9.17, 15) is 5.26 Å². The van der Waals surface area contributed by atoms with E-state index in [1.165, 1.54) is 20.2 Å². The zero-order valence-corrected chi connectivity index (χ0v) is 28.4. The molecule has 0 fully saturated rings. The number of para-hydroxylation sites is 1. The first kappa shape index (κ1) is 29.9. The summed E-state index contributed by atoms with van der Waals surface area (Å²) in [5, 5.41) is 13.7. The number of furan rings is 1. The minimum Gasteiger partial charge on any atom is -0.455 e. The van der Waals surface area contributed by atoms with Crippen LogP contribution in [-0.2, 0) is 0 Å². The Morgan fingerprint density at radius 2 is 1.08 bits per heavy atom.